The SMILES string of the molecule is COc1ccc(C)cc1NC(=O)c1ccc2c(c1)CCN2S(=O)(=O)c1ccc(Cl)cc1. The standard InChI is InChI=1S/C23H21ClN2O4S/c1-15-3-10-22(30-2)20(13-15)25-23(27)17-4-9-21-16(14-17)11-12-26(21)31(28,29)19-7-5-18(24)6-8-19/h3-10,13-14H,11-12H2,1-2H3,(H,25,27). The van der Waals surface area contributed by atoms with Crippen molar-refractivity contribution in [2.45, 2.75) is 18.2 Å². The fourth-order valence-corrected chi connectivity index (χ4v) is 5.24. The third-order valence-electron chi connectivity index (χ3n) is 5.20. The van der Waals surface area contributed by atoms with E-state index in [0.29, 0.717) is 40.7 Å². The summed E-state index contributed by atoms with van der Waals surface area (Å²) in [6.45, 7) is 2.25. The molecule has 3 aromatic carbocycles. The predicted octanol–water partition coefficient (Wildman–Crippen LogP) is 4.66. The summed E-state index contributed by atoms with van der Waals surface area (Å²) in [7, 11) is -2.16. The van der Waals surface area contributed by atoms with Crippen LogP contribution in [-0.2, 0) is 16.4 Å². The second-order valence-electron chi connectivity index (χ2n) is 7.28. The van der Waals surface area contributed by atoms with Crippen molar-refractivity contribution < 1.29 is 17.9 Å². The number of nitrogens with one attached hydrogen (secondary N) is 1. The second-order valence-corrected chi connectivity index (χ2v) is 9.58. The first-order valence-corrected chi connectivity index (χ1v) is 11.5. The first-order valence-electron chi connectivity index (χ1n) is 9.67. The van der Waals surface area contributed by atoms with Crippen LogP contribution in [0.5, 0.6) is 5.75 Å². The molecule has 1 amide bonds. The molecule has 6 nitrogen and oxygen atoms in total. The lowest BCUT2D eigenvalue weighted by Crippen LogP contribution is -2.29. The number of sulfonamides is 1. The highest BCUT2D eigenvalue weighted by atomic mass is 35.5. The first-order chi connectivity index (χ1) is 14.8. The van der Waals surface area contributed by atoms with E-state index in [0.717, 1.165) is 11.1 Å². The Kier molecular flexibility index (Phi) is 5.64. The van der Waals surface area contributed by atoms with Crippen molar-refractivity contribution in [1.29, 1.82) is 0 Å². The third-order valence-corrected chi connectivity index (χ3v) is 7.28. The van der Waals surface area contributed by atoms with Crippen LogP contribution in [0.25, 0.3) is 0 Å². The maximum Gasteiger partial charge on any atom is 0.264 e. The molecule has 0 unspecified atom stereocenters. The fourth-order valence-electron chi connectivity index (χ4n) is 3.61. The molecule has 0 saturated carbocycles. The molecule has 3 aromatic rings. The summed E-state index contributed by atoms with van der Waals surface area (Å²) in [6, 6.07) is 16.7. The Labute approximate surface area is 186 Å². The third kappa shape index (κ3) is 4.11. The minimum absolute atomic E-state index is 0.179. The van der Waals surface area contributed by atoms with E-state index in [4.69, 9.17) is 16.3 Å². The van der Waals surface area contributed by atoms with Crippen LogP contribution in [0.1, 0.15) is 21.5 Å². The molecule has 4 rings (SSSR count). The van der Waals surface area contributed by atoms with Crippen LogP contribution in [0.3, 0.4) is 0 Å². The van der Waals surface area contributed by atoms with Crippen LogP contribution in [0, 0.1) is 6.92 Å². The quantitative estimate of drug-likeness (QED) is 0.605. The smallest absolute Gasteiger partial charge is 0.264 e. The number of hydrogen-bond acceptors (Lipinski definition) is 4. The Bertz CT molecular complexity index is 1260. The van der Waals surface area contributed by atoms with Crippen LogP contribution >= 0.6 is 11.6 Å². The van der Waals surface area contributed by atoms with Gasteiger partial charge in [-0.05, 0) is 79.1 Å². The molecule has 0 spiro atoms. The van der Waals surface area contributed by atoms with Crippen LogP contribution in [0.4, 0.5) is 11.4 Å². The van der Waals surface area contributed by atoms with E-state index in [-0.39, 0.29) is 10.8 Å². The lowest BCUT2D eigenvalue weighted by Gasteiger charge is -2.20. The number of ether oxygens (including phenoxy) is 1. The molecular formula is C23H21ClN2O4S. The van der Waals surface area contributed by atoms with E-state index in [1.54, 1.807) is 43.5 Å². The van der Waals surface area contributed by atoms with Crippen molar-refractivity contribution in [3.05, 3.63) is 82.4 Å². The van der Waals surface area contributed by atoms with E-state index in [9.17, 15) is 13.2 Å². The molecule has 0 aliphatic carbocycles. The largest absolute Gasteiger partial charge is 0.495 e. The van der Waals surface area contributed by atoms with E-state index in [2.05, 4.69) is 5.32 Å². The summed E-state index contributed by atoms with van der Waals surface area (Å²) >= 11 is 5.88. The molecule has 1 aliphatic heterocycles. The lowest BCUT2D eigenvalue weighted by atomic mass is 10.1. The number of carbonyl (C=O) groups is 1. The number of methoxy groups -OCH3 is 1. The minimum Gasteiger partial charge on any atom is -0.495 e. The Balaban J connectivity index is 1.60. The molecule has 160 valence electrons. The lowest BCUT2D eigenvalue weighted by molar-refractivity contribution is 0.102. The average molecular weight is 457 g/mol. The Hall–Kier alpha value is -3.03. The van der Waals surface area contributed by atoms with Gasteiger partial charge in [-0.2, -0.15) is 0 Å². The van der Waals surface area contributed by atoms with E-state index in [1.165, 1.54) is 16.4 Å². The van der Waals surface area contributed by atoms with Crippen molar-refractivity contribution in [3.8, 4) is 5.75 Å². The molecule has 0 aromatic heterocycles. The Morgan fingerprint density at radius 1 is 1.06 bits per heavy atom. The maximum atomic E-state index is 13.1. The number of amides is 1. The van der Waals surface area contributed by atoms with E-state index < -0.39 is 10.0 Å². The number of halogens is 1. The van der Waals surface area contributed by atoms with Crippen molar-refractivity contribution >= 4 is 38.9 Å². The Morgan fingerprint density at radius 3 is 2.52 bits per heavy atom. The van der Waals surface area contributed by atoms with Crippen molar-refractivity contribution in [1.82, 2.24) is 0 Å². The molecule has 8 heteroatoms. The van der Waals surface area contributed by atoms with E-state index >= 15 is 0 Å². The number of hydrogen-bond donors (Lipinski definition) is 1. The molecule has 1 N–H and O–H groups in total. The number of aryl methyl sites for hydroxylation is 1. The van der Waals surface area contributed by atoms with Gasteiger partial charge in [0.2, 0.25) is 0 Å². The molecular weight excluding hydrogens is 436 g/mol. The minimum atomic E-state index is -3.71. The van der Waals surface area contributed by atoms with Gasteiger partial charge in [-0.1, -0.05) is 17.7 Å². The number of carbonyl (C=O) groups excluding carboxylic acids is 1. The average Bonchev–Trinajstić information content (AvgIpc) is 3.18. The van der Waals surface area contributed by atoms with Gasteiger partial charge in [-0.15, -0.1) is 0 Å². The highest BCUT2D eigenvalue weighted by Gasteiger charge is 2.31. The van der Waals surface area contributed by atoms with Crippen molar-refractivity contribution in [3.63, 3.8) is 0 Å². The zero-order chi connectivity index (χ0) is 22.2. The van der Waals surface area contributed by atoms with Gasteiger partial charge < -0.3 is 10.1 Å². The monoisotopic (exact) mass is 456 g/mol. The normalized spacial score (nSPS) is 13.1. The Morgan fingerprint density at radius 2 is 1.81 bits per heavy atom. The summed E-state index contributed by atoms with van der Waals surface area (Å²) in [5.74, 6) is 0.283. The van der Waals surface area contributed by atoms with Gasteiger partial charge in [0.15, 0.2) is 0 Å². The van der Waals surface area contributed by atoms with Crippen molar-refractivity contribution in [2.75, 3.05) is 23.3 Å². The second kappa shape index (κ2) is 8.24. The van der Waals surface area contributed by atoms with Gasteiger partial charge in [0.05, 0.1) is 23.4 Å². The van der Waals surface area contributed by atoms with Gasteiger partial charge in [-0.25, -0.2) is 8.42 Å². The summed E-state index contributed by atoms with van der Waals surface area (Å²) in [5, 5.41) is 3.35. The molecule has 0 atom stereocenters. The number of rotatable bonds is 5. The van der Waals surface area contributed by atoms with Gasteiger partial charge in [0, 0.05) is 17.1 Å². The number of nitrogens with zero attached hydrogens (tertiary/aromatic N) is 1. The first kappa shape index (κ1) is 21.2. The highest BCUT2D eigenvalue weighted by molar-refractivity contribution is 7.92. The summed E-state index contributed by atoms with van der Waals surface area (Å²) < 4.78 is 32.8. The zero-order valence-corrected chi connectivity index (χ0v) is 18.6. The topological polar surface area (TPSA) is 75.7 Å². The van der Waals surface area contributed by atoms with Crippen LogP contribution < -0.4 is 14.4 Å². The summed E-state index contributed by atoms with van der Waals surface area (Å²) in [4.78, 5) is 13.0. The zero-order valence-electron chi connectivity index (χ0n) is 17.1. The fraction of sp³-hybridized carbons (Fsp3) is 0.174. The predicted molar refractivity (Wildman–Crippen MR) is 122 cm³/mol. The number of fused-ring (bicyclic) bond motifs is 1. The highest BCUT2D eigenvalue weighted by Crippen LogP contribution is 2.34. The maximum absolute atomic E-state index is 13.1. The molecule has 0 bridgehead atoms. The number of anilines is 2. The van der Waals surface area contributed by atoms with Gasteiger partial charge in [0.25, 0.3) is 15.9 Å². The van der Waals surface area contributed by atoms with Gasteiger partial charge >= 0.3 is 0 Å². The van der Waals surface area contributed by atoms with Crippen LogP contribution in [-0.4, -0.2) is 28.0 Å². The molecule has 31 heavy (non-hydrogen) atoms. The van der Waals surface area contributed by atoms with Crippen LogP contribution in [0.2, 0.25) is 5.02 Å². The van der Waals surface area contributed by atoms with Gasteiger partial charge in [-0.3, -0.25) is 9.10 Å². The van der Waals surface area contributed by atoms with Crippen LogP contribution in [0.15, 0.2) is 65.6 Å². The van der Waals surface area contributed by atoms with E-state index in [1.807, 2.05) is 19.1 Å². The molecule has 0 saturated heterocycles. The summed E-state index contributed by atoms with van der Waals surface area (Å²) in [6.07, 6.45) is 0.525. The molecule has 1 heterocycles. The molecule has 0 radical (unpaired) electrons. The van der Waals surface area contributed by atoms with Crippen molar-refractivity contribution in [2.24, 2.45) is 0 Å². The van der Waals surface area contributed by atoms with Gasteiger partial charge in [0.1, 0.15) is 5.75 Å². The number of benzene rings is 3. The summed E-state index contributed by atoms with van der Waals surface area (Å²) in [5.41, 5.74) is 3.42. The molecule has 1 aliphatic rings. The molecule has 0 fully saturated rings.